The SMILES string of the molecule is OCCOCCn1cnnc1. The highest BCUT2D eigenvalue weighted by molar-refractivity contribution is 4.58. The monoisotopic (exact) mass is 157 g/mol. The molecule has 62 valence electrons. The molecule has 0 spiro atoms. The third kappa shape index (κ3) is 3.10. The summed E-state index contributed by atoms with van der Waals surface area (Å²) in [6, 6.07) is 0. The van der Waals surface area contributed by atoms with E-state index in [-0.39, 0.29) is 6.61 Å². The summed E-state index contributed by atoms with van der Waals surface area (Å²) in [4.78, 5) is 0. The van der Waals surface area contributed by atoms with Crippen LogP contribution in [-0.2, 0) is 11.3 Å². The van der Waals surface area contributed by atoms with Gasteiger partial charge in [0.15, 0.2) is 0 Å². The molecule has 1 heterocycles. The van der Waals surface area contributed by atoms with Gasteiger partial charge in [-0.2, -0.15) is 0 Å². The van der Waals surface area contributed by atoms with Crippen LogP contribution in [0.4, 0.5) is 0 Å². The first-order valence-electron chi connectivity index (χ1n) is 3.44. The maximum Gasteiger partial charge on any atom is 0.119 e. The second kappa shape index (κ2) is 4.81. The van der Waals surface area contributed by atoms with Gasteiger partial charge in [-0.15, -0.1) is 10.2 Å². The summed E-state index contributed by atoms with van der Waals surface area (Å²) in [5.41, 5.74) is 0. The topological polar surface area (TPSA) is 60.2 Å². The molecule has 5 heteroatoms. The summed E-state index contributed by atoms with van der Waals surface area (Å²) in [5, 5.41) is 15.6. The Labute approximate surface area is 64.6 Å². The Hall–Kier alpha value is -0.940. The first-order valence-corrected chi connectivity index (χ1v) is 3.44. The van der Waals surface area contributed by atoms with E-state index in [1.807, 2.05) is 4.57 Å². The van der Waals surface area contributed by atoms with Crippen molar-refractivity contribution in [2.24, 2.45) is 0 Å². The van der Waals surface area contributed by atoms with E-state index in [9.17, 15) is 0 Å². The normalized spacial score (nSPS) is 10.3. The average molecular weight is 157 g/mol. The van der Waals surface area contributed by atoms with Crippen LogP contribution in [0.1, 0.15) is 0 Å². The van der Waals surface area contributed by atoms with E-state index in [2.05, 4.69) is 10.2 Å². The van der Waals surface area contributed by atoms with Gasteiger partial charge in [0.25, 0.3) is 0 Å². The molecule has 1 N–H and O–H groups in total. The predicted octanol–water partition coefficient (Wildman–Crippen LogP) is -0.713. The van der Waals surface area contributed by atoms with Gasteiger partial charge in [-0.05, 0) is 0 Å². The van der Waals surface area contributed by atoms with Crippen molar-refractivity contribution in [1.82, 2.24) is 14.8 Å². The van der Waals surface area contributed by atoms with Crippen molar-refractivity contribution in [1.29, 1.82) is 0 Å². The minimum absolute atomic E-state index is 0.0716. The van der Waals surface area contributed by atoms with E-state index in [4.69, 9.17) is 9.84 Å². The van der Waals surface area contributed by atoms with E-state index < -0.39 is 0 Å². The van der Waals surface area contributed by atoms with E-state index in [1.54, 1.807) is 12.7 Å². The number of aliphatic hydroxyl groups excluding tert-OH is 1. The quantitative estimate of drug-likeness (QED) is 0.573. The second-order valence-electron chi connectivity index (χ2n) is 2.04. The Morgan fingerprint density at radius 3 is 2.64 bits per heavy atom. The van der Waals surface area contributed by atoms with Gasteiger partial charge in [0, 0.05) is 6.54 Å². The van der Waals surface area contributed by atoms with Crippen molar-refractivity contribution in [3.63, 3.8) is 0 Å². The van der Waals surface area contributed by atoms with Crippen molar-refractivity contribution in [2.75, 3.05) is 19.8 Å². The molecule has 1 aromatic rings. The molecule has 0 amide bonds. The van der Waals surface area contributed by atoms with Gasteiger partial charge in [0.2, 0.25) is 0 Å². The number of aliphatic hydroxyl groups is 1. The lowest BCUT2D eigenvalue weighted by Crippen LogP contribution is -2.06. The molecule has 0 fully saturated rings. The first kappa shape index (κ1) is 8.16. The third-order valence-corrected chi connectivity index (χ3v) is 1.20. The van der Waals surface area contributed by atoms with Crippen LogP contribution in [0.5, 0.6) is 0 Å². The number of nitrogens with zero attached hydrogens (tertiary/aromatic N) is 3. The zero-order valence-corrected chi connectivity index (χ0v) is 6.18. The van der Waals surface area contributed by atoms with E-state index in [0.29, 0.717) is 13.2 Å². The van der Waals surface area contributed by atoms with Gasteiger partial charge in [-0.25, -0.2) is 0 Å². The van der Waals surface area contributed by atoms with Crippen LogP contribution in [0.25, 0.3) is 0 Å². The highest BCUT2D eigenvalue weighted by atomic mass is 16.5. The smallest absolute Gasteiger partial charge is 0.119 e. The largest absolute Gasteiger partial charge is 0.394 e. The van der Waals surface area contributed by atoms with Crippen LogP contribution in [0, 0.1) is 0 Å². The fraction of sp³-hybridized carbons (Fsp3) is 0.667. The standard InChI is InChI=1S/C6H11N3O2/c10-2-4-11-3-1-9-5-7-8-6-9/h5-6,10H,1-4H2. The fourth-order valence-electron chi connectivity index (χ4n) is 0.674. The Balaban J connectivity index is 2.04. The Kier molecular flexibility index (Phi) is 3.57. The number of rotatable bonds is 5. The summed E-state index contributed by atoms with van der Waals surface area (Å²) in [7, 11) is 0. The van der Waals surface area contributed by atoms with Gasteiger partial charge in [0.1, 0.15) is 12.7 Å². The zero-order chi connectivity index (χ0) is 7.94. The van der Waals surface area contributed by atoms with Gasteiger partial charge in [0.05, 0.1) is 19.8 Å². The molecule has 1 aromatic heterocycles. The number of hydrogen-bond donors (Lipinski definition) is 1. The van der Waals surface area contributed by atoms with Gasteiger partial charge in [-0.3, -0.25) is 0 Å². The second-order valence-corrected chi connectivity index (χ2v) is 2.04. The van der Waals surface area contributed by atoms with Crippen LogP contribution in [-0.4, -0.2) is 39.7 Å². The highest BCUT2D eigenvalue weighted by Gasteiger charge is 1.89. The predicted molar refractivity (Wildman–Crippen MR) is 37.9 cm³/mol. The van der Waals surface area contributed by atoms with E-state index >= 15 is 0 Å². The average Bonchev–Trinajstić information content (AvgIpc) is 2.50. The van der Waals surface area contributed by atoms with Crippen LogP contribution in [0.2, 0.25) is 0 Å². The van der Waals surface area contributed by atoms with Crippen LogP contribution < -0.4 is 0 Å². The third-order valence-electron chi connectivity index (χ3n) is 1.20. The number of aromatic nitrogens is 3. The minimum Gasteiger partial charge on any atom is -0.394 e. The van der Waals surface area contributed by atoms with Gasteiger partial charge in [-0.1, -0.05) is 0 Å². The van der Waals surface area contributed by atoms with E-state index in [1.165, 1.54) is 0 Å². The lowest BCUT2D eigenvalue weighted by atomic mass is 10.6. The van der Waals surface area contributed by atoms with Crippen LogP contribution >= 0.6 is 0 Å². The molecule has 0 aromatic carbocycles. The Bertz CT molecular complexity index is 176. The summed E-state index contributed by atoms with van der Waals surface area (Å²) in [6.07, 6.45) is 3.25. The maximum atomic E-state index is 8.37. The Morgan fingerprint density at radius 2 is 2.00 bits per heavy atom. The molecule has 0 aliphatic heterocycles. The maximum absolute atomic E-state index is 8.37. The molecule has 0 saturated heterocycles. The number of hydrogen-bond acceptors (Lipinski definition) is 4. The van der Waals surface area contributed by atoms with E-state index in [0.717, 1.165) is 6.54 Å². The fourth-order valence-corrected chi connectivity index (χ4v) is 0.674. The molecular formula is C6H11N3O2. The van der Waals surface area contributed by atoms with Crippen molar-refractivity contribution < 1.29 is 9.84 Å². The molecule has 0 saturated carbocycles. The number of ether oxygens (including phenoxy) is 1. The molecule has 5 nitrogen and oxygen atoms in total. The molecule has 0 aliphatic rings. The van der Waals surface area contributed by atoms with Crippen molar-refractivity contribution >= 4 is 0 Å². The molecule has 1 rings (SSSR count). The van der Waals surface area contributed by atoms with Gasteiger partial charge >= 0.3 is 0 Å². The molecule has 0 atom stereocenters. The minimum atomic E-state index is 0.0716. The van der Waals surface area contributed by atoms with Crippen molar-refractivity contribution in [2.45, 2.75) is 6.54 Å². The molecule has 0 aliphatic carbocycles. The van der Waals surface area contributed by atoms with Crippen LogP contribution in [0.3, 0.4) is 0 Å². The summed E-state index contributed by atoms with van der Waals surface area (Å²) in [5.74, 6) is 0. The lowest BCUT2D eigenvalue weighted by Gasteiger charge is -2.01. The molecule has 11 heavy (non-hydrogen) atoms. The van der Waals surface area contributed by atoms with Gasteiger partial charge < -0.3 is 14.4 Å². The van der Waals surface area contributed by atoms with Crippen molar-refractivity contribution in [3.05, 3.63) is 12.7 Å². The Morgan fingerprint density at radius 1 is 1.27 bits per heavy atom. The summed E-state index contributed by atoms with van der Waals surface area (Å²) < 4.78 is 6.85. The summed E-state index contributed by atoms with van der Waals surface area (Å²) >= 11 is 0. The molecule has 0 bridgehead atoms. The zero-order valence-electron chi connectivity index (χ0n) is 6.18. The first-order chi connectivity index (χ1) is 5.43. The van der Waals surface area contributed by atoms with Crippen LogP contribution in [0.15, 0.2) is 12.7 Å². The molecule has 0 unspecified atom stereocenters. The highest BCUT2D eigenvalue weighted by Crippen LogP contribution is 1.83. The molecular weight excluding hydrogens is 146 g/mol. The lowest BCUT2D eigenvalue weighted by molar-refractivity contribution is 0.0869. The molecule has 0 radical (unpaired) electrons. The summed E-state index contributed by atoms with van der Waals surface area (Å²) in [6.45, 7) is 1.77. The van der Waals surface area contributed by atoms with Crippen molar-refractivity contribution in [3.8, 4) is 0 Å².